The minimum atomic E-state index is 0. The molecule has 1 atom stereocenters. The first-order valence-corrected chi connectivity index (χ1v) is 8.26. The third-order valence-corrected chi connectivity index (χ3v) is 4.18. The summed E-state index contributed by atoms with van der Waals surface area (Å²) in [5.74, 6) is 1.50. The van der Waals surface area contributed by atoms with Crippen molar-refractivity contribution in [1.82, 2.24) is 10.2 Å². The van der Waals surface area contributed by atoms with Gasteiger partial charge < -0.3 is 15.0 Å². The zero-order chi connectivity index (χ0) is 16.7. The van der Waals surface area contributed by atoms with E-state index < -0.39 is 0 Å². The molecule has 1 aromatic carbocycles. The maximum atomic E-state index is 12.2. The number of halogens is 1. The van der Waals surface area contributed by atoms with Gasteiger partial charge in [-0.15, -0.1) is 12.4 Å². The van der Waals surface area contributed by atoms with Crippen molar-refractivity contribution >= 4 is 24.1 Å². The van der Waals surface area contributed by atoms with Crippen LogP contribution >= 0.6 is 12.4 Å². The molecule has 1 unspecified atom stereocenters. The number of ether oxygens (including phenoxy) is 1. The van der Waals surface area contributed by atoms with E-state index in [2.05, 4.69) is 5.32 Å². The lowest BCUT2D eigenvalue weighted by molar-refractivity contribution is -0.130. The zero-order valence-electron chi connectivity index (χ0n) is 14.4. The van der Waals surface area contributed by atoms with E-state index in [-0.39, 0.29) is 24.1 Å². The maximum absolute atomic E-state index is 12.2. The average Bonchev–Trinajstić information content (AvgIpc) is 3.01. The Labute approximate surface area is 150 Å². The number of ketones is 1. The molecule has 1 aliphatic heterocycles. The van der Waals surface area contributed by atoms with Crippen molar-refractivity contribution in [3.63, 3.8) is 0 Å². The SMILES string of the molecule is CNCC1CCN(C(=O)CCCOc2cccc(C(C)=O)c2)C1.Cl. The van der Waals surface area contributed by atoms with Gasteiger partial charge in [0.05, 0.1) is 6.61 Å². The lowest BCUT2D eigenvalue weighted by Gasteiger charge is -2.16. The summed E-state index contributed by atoms with van der Waals surface area (Å²) in [5, 5.41) is 3.17. The van der Waals surface area contributed by atoms with Crippen molar-refractivity contribution in [3.8, 4) is 5.75 Å². The summed E-state index contributed by atoms with van der Waals surface area (Å²) in [4.78, 5) is 25.4. The Hall–Kier alpha value is -1.59. The molecule has 1 aliphatic rings. The molecule has 1 heterocycles. The molecule has 1 saturated heterocycles. The first-order chi connectivity index (χ1) is 11.1. The molecule has 24 heavy (non-hydrogen) atoms. The van der Waals surface area contributed by atoms with Crippen LogP contribution in [0.3, 0.4) is 0 Å². The van der Waals surface area contributed by atoms with E-state index >= 15 is 0 Å². The molecule has 2 rings (SSSR count). The number of benzene rings is 1. The highest BCUT2D eigenvalue weighted by Crippen LogP contribution is 2.17. The van der Waals surface area contributed by atoms with Gasteiger partial charge in [0, 0.05) is 25.1 Å². The molecule has 1 amide bonds. The van der Waals surface area contributed by atoms with Crippen molar-refractivity contribution in [1.29, 1.82) is 0 Å². The highest BCUT2D eigenvalue weighted by atomic mass is 35.5. The highest BCUT2D eigenvalue weighted by Gasteiger charge is 2.25. The Morgan fingerprint density at radius 1 is 1.38 bits per heavy atom. The quantitative estimate of drug-likeness (QED) is 0.575. The standard InChI is InChI=1S/C18H26N2O3.ClH/c1-14(21)16-5-3-6-17(11-16)23-10-4-7-18(22)20-9-8-15(13-20)12-19-2;/h3,5-6,11,15,19H,4,7-10,12-13H2,1-2H3;1H. The highest BCUT2D eigenvalue weighted by molar-refractivity contribution is 5.94. The largest absolute Gasteiger partial charge is 0.494 e. The van der Waals surface area contributed by atoms with Crippen molar-refractivity contribution < 1.29 is 14.3 Å². The third kappa shape index (κ3) is 6.13. The number of carbonyl (C=O) groups is 2. The van der Waals surface area contributed by atoms with Crippen molar-refractivity contribution in [2.24, 2.45) is 5.92 Å². The lowest BCUT2D eigenvalue weighted by Crippen LogP contribution is -2.30. The van der Waals surface area contributed by atoms with E-state index in [0.717, 1.165) is 26.1 Å². The molecule has 0 bridgehead atoms. The fourth-order valence-corrected chi connectivity index (χ4v) is 2.89. The summed E-state index contributed by atoms with van der Waals surface area (Å²) >= 11 is 0. The van der Waals surface area contributed by atoms with Gasteiger partial charge in [0.1, 0.15) is 5.75 Å². The van der Waals surface area contributed by atoms with Crippen LogP contribution < -0.4 is 10.1 Å². The number of likely N-dealkylation sites (tertiary alicyclic amines) is 1. The Balaban J connectivity index is 0.00000288. The molecule has 0 radical (unpaired) electrons. The van der Waals surface area contributed by atoms with Crippen LogP contribution in [-0.4, -0.2) is 49.9 Å². The van der Waals surface area contributed by atoms with Gasteiger partial charge in [0.25, 0.3) is 0 Å². The van der Waals surface area contributed by atoms with Gasteiger partial charge in [-0.25, -0.2) is 0 Å². The predicted octanol–water partition coefficient (Wildman–Crippen LogP) is 2.54. The van der Waals surface area contributed by atoms with Crippen LogP contribution in [0.2, 0.25) is 0 Å². The molecule has 0 aliphatic carbocycles. The fraction of sp³-hybridized carbons (Fsp3) is 0.556. The average molecular weight is 355 g/mol. The first-order valence-electron chi connectivity index (χ1n) is 8.26. The van der Waals surface area contributed by atoms with Crippen LogP contribution in [0.1, 0.15) is 36.5 Å². The smallest absolute Gasteiger partial charge is 0.222 e. The molecule has 0 aromatic heterocycles. The molecule has 134 valence electrons. The second kappa shape index (κ2) is 10.3. The van der Waals surface area contributed by atoms with E-state index in [0.29, 0.717) is 36.7 Å². The number of rotatable bonds is 8. The van der Waals surface area contributed by atoms with Gasteiger partial charge >= 0.3 is 0 Å². The Morgan fingerprint density at radius 3 is 2.88 bits per heavy atom. The van der Waals surface area contributed by atoms with E-state index in [9.17, 15) is 9.59 Å². The number of amides is 1. The van der Waals surface area contributed by atoms with E-state index in [1.54, 1.807) is 12.1 Å². The molecular weight excluding hydrogens is 328 g/mol. The lowest BCUT2D eigenvalue weighted by atomic mass is 10.1. The monoisotopic (exact) mass is 354 g/mol. The topological polar surface area (TPSA) is 58.6 Å². The first kappa shape index (κ1) is 20.5. The van der Waals surface area contributed by atoms with Crippen molar-refractivity contribution in [2.75, 3.05) is 33.3 Å². The number of hydrogen-bond donors (Lipinski definition) is 1. The summed E-state index contributed by atoms with van der Waals surface area (Å²) in [6.45, 7) is 4.73. The molecule has 0 saturated carbocycles. The number of nitrogens with zero attached hydrogens (tertiary/aromatic N) is 1. The zero-order valence-corrected chi connectivity index (χ0v) is 15.2. The molecular formula is C18H27ClN2O3. The maximum Gasteiger partial charge on any atom is 0.222 e. The van der Waals surface area contributed by atoms with Crippen LogP contribution in [0.15, 0.2) is 24.3 Å². The molecule has 1 fully saturated rings. The second-order valence-electron chi connectivity index (χ2n) is 6.09. The second-order valence-corrected chi connectivity index (χ2v) is 6.09. The third-order valence-electron chi connectivity index (χ3n) is 4.18. The summed E-state index contributed by atoms with van der Waals surface area (Å²) in [7, 11) is 1.95. The van der Waals surface area contributed by atoms with Crippen LogP contribution in [0, 0.1) is 5.92 Å². The Kier molecular flexibility index (Phi) is 8.79. The summed E-state index contributed by atoms with van der Waals surface area (Å²) in [6.07, 6.45) is 2.29. The van der Waals surface area contributed by atoms with E-state index in [1.165, 1.54) is 6.92 Å². The summed E-state index contributed by atoms with van der Waals surface area (Å²) < 4.78 is 5.64. The molecule has 5 nitrogen and oxygen atoms in total. The number of Topliss-reactive ketones (excluding diaryl/α,β-unsaturated/α-hetero) is 1. The summed E-state index contributed by atoms with van der Waals surface area (Å²) in [5.41, 5.74) is 0.645. The number of carbonyl (C=O) groups excluding carboxylic acids is 2. The van der Waals surface area contributed by atoms with Crippen LogP contribution in [0.5, 0.6) is 5.75 Å². The van der Waals surface area contributed by atoms with Gasteiger partial charge in [0.2, 0.25) is 5.91 Å². The Morgan fingerprint density at radius 2 is 2.17 bits per heavy atom. The van der Waals surface area contributed by atoms with Crippen molar-refractivity contribution in [3.05, 3.63) is 29.8 Å². The van der Waals surface area contributed by atoms with Gasteiger partial charge in [-0.3, -0.25) is 9.59 Å². The van der Waals surface area contributed by atoms with Crippen molar-refractivity contribution in [2.45, 2.75) is 26.2 Å². The predicted molar refractivity (Wildman–Crippen MR) is 97.0 cm³/mol. The molecule has 1 N–H and O–H groups in total. The van der Waals surface area contributed by atoms with Crippen LogP contribution in [-0.2, 0) is 4.79 Å². The van der Waals surface area contributed by atoms with E-state index in [4.69, 9.17) is 4.74 Å². The van der Waals surface area contributed by atoms with Gasteiger partial charge in [-0.05, 0) is 51.4 Å². The molecule has 1 aromatic rings. The minimum absolute atomic E-state index is 0. The van der Waals surface area contributed by atoms with Crippen LogP contribution in [0.25, 0.3) is 0 Å². The summed E-state index contributed by atoms with van der Waals surface area (Å²) in [6, 6.07) is 7.15. The van der Waals surface area contributed by atoms with Gasteiger partial charge in [-0.1, -0.05) is 12.1 Å². The molecule has 0 spiro atoms. The van der Waals surface area contributed by atoms with Gasteiger partial charge in [0.15, 0.2) is 5.78 Å². The molecule has 6 heteroatoms. The Bertz CT molecular complexity index is 551. The normalized spacial score (nSPS) is 16.6. The van der Waals surface area contributed by atoms with Crippen LogP contribution in [0.4, 0.5) is 0 Å². The fourth-order valence-electron chi connectivity index (χ4n) is 2.89. The van der Waals surface area contributed by atoms with Gasteiger partial charge in [-0.2, -0.15) is 0 Å². The number of nitrogens with one attached hydrogen (secondary N) is 1. The van der Waals surface area contributed by atoms with E-state index in [1.807, 2.05) is 24.1 Å². The number of hydrogen-bond acceptors (Lipinski definition) is 4. The minimum Gasteiger partial charge on any atom is -0.494 e.